The smallest absolute Gasteiger partial charge is 0.141 e. The van der Waals surface area contributed by atoms with E-state index in [4.69, 9.17) is 0 Å². The molecule has 2 aromatic heterocycles. The monoisotopic (exact) mass is 277 g/mol. The van der Waals surface area contributed by atoms with E-state index in [9.17, 15) is 5.11 Å². The van der Waals surface area contributed by atoms with Crippen molar-refractivity contribution in [1.29, 1.82) is 0 Å². The lowest BCUT2D eigenvalue weighted by atomic mass is 10.2. The predicted octanol–water partition coefficient (Wildman–Crippen LogP) is 2.52. The highest BCUT2D eigenvalue weighted by Crippen LogP contribution is 2.35. The van der Waals surface area contributed by atoms with Gasteiger partial charge in [-0.15, -0.1) is 11.3 Å². The molecule has 0 unspecified atom stereocenters. The molecule has 0 radical (unpaired) electrons. The van der Waals surface area contributed by atoms with Crippen LogP contribution in [0.2, 0.25) is 0 Å². The summed E-state index contributed by atoms with van der Waals surface area (Å²) in [6.45, 7) is 5.86. The maximum atomic E-state index is 9.31. The fourth-order valence-corrected chi connectivity index (χ4v) is 3.37. The van der Waals surface area contributed by atoms with Crippen molar-refractivity contribution in [1.82, 2.24) is 9.97 Å². The van der Waals surface area contributed by atoms with Crippen molar-refractivity contribution in [3.63, 3.8) is 0 Å². The number of aliphatic hydroxyl groups excluding tert-OH is 1. The first-order valence-electron chi connectivity index (χ1n) is 6.77. The van der Waals surface area contributed by atoms with Crippen LogP contribution < -0.4 is 4.90 Å². The Bertz CT molecular complexity index is 592. The fourth-order valence-electron chi connectivity index (χ4n) is 2.41. The summed E-state index contributed by atoms with van der Waals surface area (Å²) in [6.07, 6.45) is 2.61. The van der Waals surface area contributed by atoms with Crippen LogP contribution in [0.3, 0.4) is 0 Å². The summed E-state index contributed by atoms with van der Waals surface area (Å²) in [5.74, 6) is 2.58. The Morgan fingerprint density at radius 2 is 2.16 bits per heavy atom. The van der Waals surface area contributed by atoms with Gasteiger partial charge >= 0.3 is 0 Å². The van der Waals surface area contributed by atoms with Crippen LogP contribution in [0.15, 0.2) is 5.38 Å². The van der Waals surface area contributed by atoms with Gasteiger partial charge in [-0.2, -0.15) is 0 Å². The Kier molecular flexibility index (Phi) is 3.41. The summed E-state index contributed by atoms with van der Waals surface area (Å²) in [7, 11) is 0. The van der Waals surface area contributed by atoms with Gasteiger partial charge in [0.15, 0.2) is 0 Å². The minimum absolute atomic E-state index is 0.167. The molecule has 0 atom stereocenters. The van der Waals surface area contributed by atoms with Crippen molar-refractivity contribution in [2.45, 2.75) is 26.7 Å². The lowest BCUT2D eigenvalue weighted by molar-refractivity contribution is 0.301. The van der Waals surface area contributed by atoms with Crippen LogP contribution in [0.25, 0.3) is 10.2 Å². The molecular formula is C14H19N3OS. The van der Waals surface area contributed by atoms with Crippen LogP contribution in [0.4, 0.5) is 5.82 Å². The largest absolute Gasteiger partial charge is 0.395 e. The van der Waals surface area contributed by atoms with Crippen molar-refractivity contribution in [3.8, 4) is 0 Å². The number of hydrogen-bond acceptors (Lipinski definition) is 5. The van der Waals surface area contributed by atoms with Crippen molar-refractivity contribution >= 4 is 27.4 Å². The fraction of sp³-hybridized carbons (Fsp3) is 0.571. The molecule has 0 aliphatic heterocycles. The average molecular weight is 277 g/mol. The summed E-state index contributed by atoms with van der Waals surface area (Å²) < 4.78 is 0. The number of thiophene rings is 1. The van der Waals surface area contributed by atoms with E-state index in [1.807, 2.05) is 6.92 Å². The summed E-state index contributed by atoms with van der Waals surface area (Å²) in [4.78, 5) is 12.4. The van der Waals surface area contributed by atoms with Gasteiger partial charge in [-0.05, 0) is 43.6 Å². The molecule has 2 heterocycles. The summed E-state index contributed by atoms with van der Waals surface area (Å²) in [5.41, 5.74) is 1.23. The molecule has 0 bridgehead atoms. The van der Waals surface area contributed by atoms with Crippen LogP contribution in [0, 0.1) is 19.8 Å². The highest BCUT2D eigenvalue weighted by Gasteiger charge is 2.26. The number of aliphatic hydroxyl groups is 1. The van der Waals surface area contributed by atoms with Gasteiger partial charge in [-0.3, -0.25) is 0 Å². The quantitative estimate of drug-likeness (QED) is 0.912. The van der Waals surface area contributed by atoms with Gasteiger partial charge in [0.2, 0.25) is 0 Å². The first-order chi connectivity index (χ1) is 9.19. The molecule has 0 aromatic carbocycles. The predicted molar refractivity (Wildman–Crippen MR) is 78.9 cm³/mol. The van der Waals surface area contributed by atoms with E-state index in [2.05, 4.69) is 27.2 Å². The van der Waals surface area contributed by atoms with E-state index < -0.39 is 0 Å². The third kappa shape index (κ3) is 2.58. The second-order valence-electron chi connectivity index (χ2n) is 5.31. The van der Waals surface area contributed by atoms with Gasteiger partial charge in [0.05, 0.1) is 12.0 Å². The second kappa shape index (κ2) is 5.06. The number of nitrogens with zero attached hydrogens (tertiary/aromatic N) is 3. The van der Waals surface area contributed by atoms with E-state index in [-0.39, 0.29) is 6.61 Å². The Balaban J connectivity index is 2.06. The van der Waals surface area contributed by atoms with Crippen LogP contribution in [-0.4, -0.2) is 34.8 Å². The first-order valence-corrected chi connectivity index (χ1v) is 7.65. The number of aromatic nitrogens is 2. The first kappa shape index (κ1) is 12.8. The molecule has 1 aliphatic carbocycles. The average Bonchev–Trinajstić information content (AvgIpc) is 3.12. The number of aryl methyl sites for hydroxylation is 2. The minimum atomic E-state index is 0.167. The molecule has 0 saturated heterocycles. The van der Waals surface area contributed by atoms with Gasteiger partial charge in [-0.25, -0.2) is 9.97 Å². The second-order valence-corrected chi connectivity index (χ2v) is 6.16. The molecule has 1 fully saturated rings. The van der Waals surface area contributed by atoms with Gasteiger partial charge < -0.3 is 10.0 Å². The number of rotatable bonds is 5. The van der Waals surface area contributed by atoms with Gasteiger partial charge in [0.1, 0.15) is 16.5 Å². The van der Waals surface area contributed by atoms with Crippen molar-refractivity contribution < 1.29 is 5.11 Å². The molecule has 19 heavy (non-hydrogen) atoms. The van der Waals surface area contributed by atoms with Gasteiger partial charge in [0, 0.05) is 13.1 Å². The molecular weight excluding hydrogens is 258 g/mol. The summed E-state index contributed by atoms with van der Waals surface area (Å²) in [5, 5.41) is 12.6. The molecule has 1 saturated carbocycles. The van der Waals surface area contributed by atoms with Crippen molar-refractivity contribution in [2.24, 2.45) is 5.92 Å². The zero-order valence-electron chi connectivity index (χ0n) is 11.4. The Labute approximate surface area is 117 Å². The maximum absolute atomic E-state index is 9.31. The number of fused-ring (bicyclic) bond motifs is 1. The van der Waals surface area contributed by atoms with E-state index in [1.165, 1.54) is 18.4 Å². The Morgan fingerprint density at radius 1 is 1.37 bits per heavy atom. The zero-order chi connectivity index (χ0) is 13.4. The summed E-state index contributed by atoms with van der Waals surface area (Å²) in [6, 6.07) is 0. The Hall–Kier alpha value is -1.20. The minimum Gasteiger partial charge on any atom is -0.395 e. The van der Waals surface area contributed by atoms with Crippen LogP contribution in [-0.2, 0) is 0 Å². The third-order valence-corrected chi connectivity index (χ3v) is 4.55. The summed E-state index contributed by atoms with van der Waals surface area (Å²) >= 11 is 1.67. The Morgan fingerprint density at radius 3 is 2.84 bits per heavy atom. The van der Waals surface area contributed by atoms with E-state index in [0.29, 0.717) is 6.54 Å². The van der Waals surface area contributed by atoms with Gasteiger partial charge in [0.25, 0.3) is 0 Å². The van der Waals surface area contributed by atoms with Crippen molar-refractivity contribution in [3.05, 3.63) is 16.8 Å². The van der Waals surface area contributed by atoms with Crippen LogP contribution in [0.5, 0.6) is 0 Å². The molecule has 1 aliphatic rings. The normalized spacial score (nSPS) is 15.1. The number of hydrogen-bond donors (Lipinski definition) is 1. The standard InChI is InChI=1S/C14H19N3OS/c1-9-8-19-14-12(9)13(15-10(2)16-14)17(5-6-18)7-11-3-4-11/h8,11,18H,3-7H2,1-2H3. The molecule has 3 rings (SSSR count). The van der Waals surface area contributed by atoms with E-state index in [1.54, 1.807) is 11.3 Å². The number of anilines is 1. The lowest BCUT2D eigenvalue weighted by Crippen LogP contribution is -2.30. The molecule has 102 valence electrons. The van der Waals surface area contributed by atoms with Crippen LogP contribution in [0.1, 0.15) is 24.2 Å². The molecule has 2 aromatic rings. The molecule has 0 amide bonds. The highest BCUT2D eigenvalue weighted by atomic mass is 32.1. The highest BCUT2D eigenvalue weighted by molar-refractivity contribution is 7.17. The lowest BCUT2D eigenvalue weighted by Gasteiger charge is -2.24. The molecule has 1 N–H and O–H groups in total. The van der Waals surface area contributed by atoms with E-state index >= 15 is 0 Å². The molecule has 4 nitrogen and oxygen atoms in total. The van der Waals surface area contributed by atoms with Crippen molar-refractivity contribution in [2.75, 3.05) is 24.6 Å². The SMILES string of the molecule is Cc1nc(N(CCO)CC2CC2)c2c(C)csc2n1. The van der Waals surface area contributed by atoms with Crippen LogP contribution >= 0.6 is 11.3 Å². The zero-order valence-corrected chi connectivity index (χ0v) is 12.2. The van der Waals surface area contributed by atoms with E-state index in [0.717, 1.165) is 34.3 Å². The molecule has 0 spiro atoms. The maximum Gasteiger partial charge on any atom is 0.141 e. The van der Waals surface area contributed by atoms with Gasteiger partial charge in [-0.1, -0.05) is 0 Å². The third-order valence-electron chi connectivity index (χ3n) is 3.56. The molecule has 5 heteroatoms. The topological polar surface area (TPSA) is 49.2 Å².